The number of rotatable bonds is 10. The number of benzene rings is 2. The highest BCUT2D eigenvalue weighted by Gasteiger charge is 2.30. The summed E-state index contributed by atoms with van der Waals surface area (Å²) in [5.74, 6) is -0.180. The average Bonchev–Trinajstić information content (AvgIpc) is 2.74. The molecular weight excluding hydrogens is 454 g/mol. The Balaban J connectivity index is 2.44. The Morgan fingerprint density at radius 2 is 1.74 bits per heavy atom. The van der Waals surface area contributed by atoms with E-state index in [1.54, 1.807) is 51.3 Å². The molecule has 2 rings (SSSR count). The third-order valence-corrected chi connectivity index (χ3v) is 6.51. The van der Waals surface area contributed by atoms with Gasteiger partial charge in [-0.1, -0.05) is 29.8 Å². The van der Waals surface area contributed by atoms with E-state index in [4.69, 9.17) is 4.74 Å². The molecule has 0 unspecified atom stereocenters. The normalized spacial score (nSPS) is 12.2. The monoisotopic (exact) mass is 489 g/mol. The van der Waals surface area contributed by atoms with Crippen LogP contribution in [0.15, 0.2) is 42.5 Å². The molecule has 0 saturated heterocycles. The zero-order valence-corrected chi connectivity index (χ0v) is 21.8. The van der Waals surface area contributed by atoms with Gasteiger partial charge in [0, 0.05) is 12.6 Å². The van der Waals surface area contributed by atoms with E-state index in [2.05, 4.69) is 5.32 Å². The summed E-state index contributed by atoms with van der Waals surface area (Å²) in [4.78, 5) is 27.7. The van der Waals surface area contributed by atoms with Gasteiger partial charge < -0.3 is 15.0 Å². The fourth-order valence-corrected chi connectivity index (χ4v) is 4.54. The van der Waals surface area contributed by atoms with Crippen LogP contribution in [0.25, 0.3) is 0 Å². The molecule has 0 heterocycles. The summed E-state index contributed by atoms with van der Waals surface area (Å²) < 4.78 is 31.7. The molecule has 9 heteroatoms. The highest BCUT2D eigenvalue weighted by molar-refractivity contribution is 7.92. The smallest absolute Gasteiger partial charge is 0.244 e. The third-order valence-electron chi connectivity index (χ3n) is 5.39. The molecule has 0 aromatic heterocycles. The maximum atomic E-state index is 13.6. The number of aryl methyl sites for hydroxylation is 2. The van der Waals surface area contributed by atoms with Gasteiger partial charge in [-0.15, -0.1) is 0 Å². The average molecular weight is 490 g/mol. The predicted octanol–water partition coefficient (Wildman–Crippen LogP) is 3.02. The number of nitrogens with one attached hydrogen (secondary N) is 1. The van der Waals surface area contributed by atoms with Crippen molar-refractivity contribution in [3.8, 4) is 5.75 Å². The second kappa shape index (κ2) is 11.4. The van der Waals surface area contributed by atoms with Gasteiger partial charge in [0.25, 0.3) is 0 Å². The summed E-state index contributed by atoms with van der Waals surface area (Å²) in [6, 6.07) is 11.6. The summed E-state index contributed by atoms with van der Waals surface area (Å²) in [5.41, 5.74) is 2.92. The number of methoxy groups -OCH3 is 1. The van der Waals surface area contributed by atoms with Crippen LogP contribution in [-0.4, -0.2) is 57.1 Å². The molecule has 0 fully saturated rings. The van der Waals surface area contributed by atoms with Crippen LogP contribution < -0.4 is 14.4 Å². The Hall–Kier alpha value is -3.07. The van der Waals surface area contributed by atoms with Gasteiger partial charge in [-0.2, -0.15) is 0 Å². The van der Waals surface area contributed by atoms with Crippen LogP contribution in [0, 0.1) is 13.8 Å². The first-order chi connectivity index (χ1) is 15.8. The summed E-state index contributed by atoms with van der Waals surface area (Å²) in [6.45, 7) is 8.72. The molecule has 0 saturated carbocycles. The minimum Gasteiger partial charge on any atom is -0.497 e. The Bertz CT molecular complexity index is 1130. The Morgan fingerprint density at radius 1 is 1.06 bits per heavy atom. The molecule has 0 aliphatic rings. The molecule has 2 amide bonds. The largest absolute Gasteiger partial charge is 0.497 e. The van der Waals surface area contributed by atoms with Crippen molar-refractivity contribution in [2.45, 2.75) is 53.2 Å². The van der Waals surface area contributed by atoms with E-state index in [9.17, 15) is 18.0 Å². The van der Waals surface area contributed by atoms with E-state index in [0.29, 0.717) is 11.4 Å². The molecule has 0 radical (unpaired) electrons. The number of anilines is 1. The van der Waals surface area contributed by atoms with E-state index >= 15 is 0 Å². The van der Waals surface area contributed by atoms with Crippen molar-refractivity contribution in [1.29, 1.82) is 0 Å². The SMILES string of the molecule is COc1cccc(CN(C(=O)CN(c2ccc(C)cc2C)S(C)(=O)=O)[C@H](C)C(=O)NC(C)C)c1. The number of ether oxygens (including phenoxy) is 1. The molecule has 0 spiro atoms. The molecule has 0 aliphatic carbocycles. The molecule has 34 heavy (non-hydrogen) atoms. The van der Waals surface area contributed by atoms with Gasteiger partial charge in [0.15, 0.2) is 0 Å². The molecule has 2 aromatic rings. The van der Waals surface area contributed by atoms with E-state index in [0.717, 1.165) is 27.3 Å². The van der Waals surface area contributed by atoms with Crippen LogP contribution >= 0.6 is 0 Å². The quantitative estimate of drug-likeness (QED) is 0.554. The summed E-state index contributed by atoms with van der Waals surface area (Å²) in [6.07, 6.45) is 1.07. The molecule has 0 bridgehead atoms. The zero-order valence-electron chi connectivity index (χ0n) is 21.0. The zero-order chi connectivity index (χ0) is 25.6. The van der Waals surface area contributed by atoms with Crippen LogP contribution in [0.3, 0.4) is 0 Å². The van der Waals surface area contributed by atoms with Gasteiger partial charge in [0.1, 0.15) is 18.3 Å². The van der Waals surface area contributed by atoms with Crippen molar-refractivity contribution in [3.05, 3.63) is 59.2 Å². The first-order valence-electron chi connectivity index (χ1n) is 11.1. The van der Waals surface area contributed by atoms with Crippen LogP contribution in [0.2, 0.25) is 0 Å². The van der Waals surface area contributed by atoms with Gasteiger partial charge in [0.05, 0.1) is 19.1 Å². The molecule has 2 aromatic carbocycles. The maximum Gasteiger partial charge on any atom is 0.244 e. The van der Waals surface area contributed by atoms with Gasteiger partial charge in [0.2, 0.25) is 21.8 Å². The Labute approximate surface area is 202 Å². The van der Waals surface area contributed by atoms with Crippen molar-refractivity contribution >= 4 is 27.5 Å². The summed E-state index contributed by atoms with van der Waals surface area (Å²) >= 11 is 0. The van der Waals surface area contributed by atoms with Crippen molar-refractivity contribution in [3.63, 3.8) is 0 Å². The van der Waals surface area contributed by atoms with Gasteiger partial charge in [-0.3, -0.25) is 13.9 Å². The van der Waals surface area contributed by atoms with E-state index in [-0.39, 0.29) is 18.5 Å². The van der Waals surface area contributed by atoms with Crippen molar-refractivity contribution in [1.82, 2.24) is 10.2 Å². The number of hydrogen-bond acceptors (Lipinski definition) is 5. The third kappa shape index (κ3) is 7.21. The minimum absolute atomic E-state index is 0.105. The minimum atomic E-state index is -3.77. The van der Waals surface area contributed by atoms with Crippen LogP contribution in [0.4, 0.5) is 5.69 Å². The fraction of sp³-hybridized carbons (Fsp3) is 0.440. The van der Waals surface area contributed by atoms with Crippen LogP contribution in [0.1, 0.15) is 37.5 Å². The predicted molar refractivity (Wildman–Crippen MR) is 134 cm³/mol. The molecule has 8 nitrogen and oxygen atoms in total. The summed E-state index contributed by atoms with van der Waals surface area (Å²) in [5, 5.41) is 2.83. The lowest BCUT2D eigenvalue weighted by molar-refractivity contribution is -0.139. The second-order valence-corrected chi connectivity index (χ2v) is 10.7. The van der Waals surface area contributed by atoms with Crippen LogP contribution in [0.5, 0.6) is 5.75 Å². The standard InChI is InChI=1S/C25H35N3O5S/c1-17(2)26-25(30)20(5)27(15-21-9-8-10-22(14-21)33-6)24(29)16-28(34(7,31)32)23-12-11-18(3)13-19(23)4/h8-14,17,20H,15-16H2,1-7H3,(H,26,30)/t20-/m1/s1. The fourth-order valence-electron chi connectivity index (χ4n) is 3.64. The molecule has 1 atom stereocenters. The maximum absolute atomic E-state index is 13.6. The Kier molecular flexibility index (Phi) is 9.09. The van der Waals surface area contributed by atoms with E-state index in [1.807, 2.05) is 32.9 Å². The molecule has 0 aliphatic heterocycles. The first-order valence-corrected chi connectivity index (χ1v) is 13.0. The molecule has 186 valence electrons. The number of nitrogens with zero attached hydrogens (tertiary/aromatic N) is 2. The van der Waals surface area contributed by atoms with E-state index < -0.39 is 28.5 Å². The van der Waals surface area contributed by atoms with Crippen molar-refractivity contribution in [2.24, 2.45) is 0 Å². The number of carbonyl (C=O) groups is 2. The van der Waals surface area contributed by atoms with Crippen LogP contribution in [-0.2, 0) is 26.2 Å². The topological polar surface area (TPSA) is 96.0 Å². The lowest BCUT2D eigenvalue weighted by atomic mass is 10.1. The lowest BCUT2D eigenvalue weighted by Crippen LogP contribution is -2.52. The molecular formula is C25H35N3O5S. The molecule has 1 N–H and O–H groups in total. The van der Waals surface area contributed by atoms with Gasteiger partial charge in [-0.05, 0) is 63.9 Å². The van der Waals surface area contributed by atoms with Gasteiger partial charge >= 0.3 is 0 Å². The van der Waals surface area contributed by atoms with Crippen molar-refractivity contribution in [2.75, 3.05) is 24.2 Å². The van der Waals surface area contributed by atoms with Crippen molar-refractivity contribution < 1.29 is 22.7 Å². The first kappa shape index (κ1) is 27.2. The summed E-state index contributed by atoms with van der Waals surface area (Å²) in [7, 11) is -2.21. The van der Waals surface area contributed by atoms with E-state index in [1.165, 1.54) is 4.90 Å². The Morgan fingerprint density at radius 3 is 2.29 bits per heavy atom. The number of amides is 2. The number of sulfonamides is 1. The van der Waals surface area contributed by atoms with Gasteiger partial charge in [-0.25, -0.2) is 8.42 Å². The lowest BCUT2D eigenvalue weighted by Gasteiger charge is -2.32. The number of carbonyl (C=O) groups excluding carboxylic acids is 2. The highest BCUT2D eigenvalue weighted by Crippen LogP contribution is 2.24. The second-order valence-electron chi connectivity index (χ2n) is 8.77. The number of hydrogen-bond donors (Lipinski definition) is 1. The highest BCUT2D eigenvalue weighted by atomic mass is 32.2.